The van der Waals surface area contributed by atoms with Crippen molar-refractivity contribution < 1.29 is 19.4 Å². The van der Waals surface area contributed by atoms with E-state index < -0.39 is 5.97 Å². The summed E-state index contributed by atoms with van der Waals surface area (Å²) in [5.74, 6) is -1.04. The second-order valence-corrected chi connectivity index (χ2v) is 4.96. The van der Waals surface area contributed by atoms with Crippen LogP contribution in [-0.4, -0.2) is 38.1 Å². The number of carbonyl (C=O) groups excluding carboxylic acids is 1. The number of aromatic carboxylic acids is 1. The predicted molar refractivity (Wildman–Crippen MR) is 84.2 cm³/mol. The van der Waals surface area contributed by atoms with Gasteiger partial charge in [0, 0.05) is 25.2 Å². The minimum Gasteiger partial charge on any atom is -0.495 e. The SMILES string of the molecule is COc1cc(C(=O)c2ccccc2)c(C(=O)O)cc1N(C)C. The van der Waals surface area contributed by atoms with Crippen LogP contribution in [0.1, 0.15) is 26.3 Å². The maximum absolute atomic E-state index is 12.6. The van der Waals surface area contributed by atoms with Gasteiger partial charge in [0.2, 0.25) is 0 Å². The van der Waals surface area contributed by atoms with E-state index in [9.17, 15) is 14.7 Å². The molecular formula is C17H17NO4. The lowest BCUT2D eigenvalue weighted by molar-refractivity contribution is 0.0693. The number of carbonyl (C=O) groups is 2. The van der Waals surface area contributed by atoms with Crippen LogP contribution in [0.3, 0.4) is 0 Å². The third-order valence-corrected chi connectivity index (χ3v) is 3.31. The van der Waals surface area contributed by atoms with Crippen molar-refractivity contribution in [2.24, 2.45) is 0 Å². The number of carboxylic acid groups (broad SMARTS) is 1. The van der Waals surface area contributed by atoms with Crippen molar-refractivity contribution in [2.75, 3.05) is 26.1 Å². The highest BCUT2D eigenvalue weighted by molar-refractivity contribution is 6.15. The predicted octanol–water partition coefficient (Wildman–Crippen LogP) is 2.69. The highest BCUT2D eigenvalue weighted by Crippen LogP contribution is 2.31. The zero-order chi connectivity index (χ0) is 16.3. The molecule has 0 radical (unpaired) electrons. The second kappa shape index (κ2) is 6.30. The van der Waals surface area contributed by atoms with E-state index in [1.807, 2.05) is 0 Å². The first-order valence-corrected chi connectivity index (χ1v) is 6.68. The Hall–Kier alpha value is -2.82. The molecule has 0 atom stereocenters. The number of hydrogen-bond donors (Lipinski definition) is 1. The number of benzene rings is 2. The molecule has 0 amide bonds. The highest BCUT2D eigenvalue weighted by atomic mass is 16.5. The summed E-state index contributed by atoms with van der Waals surface area (Å²) in [5, 5.41) is 9.42. The van der Waals surface area contributed by atoms with E-state index in [-0.39, 0.29) is 16.9 Å². The Kier molecular flexibility index (Phi) is 4.46. The minimum atomic E-state index is -1.15. The lowest BCUT2D eigenvalue weighted by Gasteiger charge is -2.19. The summed E-state index contributed by atoms with van der Waals surface area (Å²) in [4.78, 5) is 25.8. The molecule has 5 nitrogen and oxygen atoms in total. The number of carboxylic acids is 1. The molecule has 0 heterocycles. The van der Waals surface area contributed by atoms with Crippen molar-refractivity contribution in [3.8, 4) is 5.75 Å². The molecule has 0 bridgehead atoms. The summed E-state index contributed by atoms with van der Waals surface area (Å²) >= 11 is 0. The van der Waals surface area contributed by atoms with Crippen LogP contribution >= 0.6 is 0 Å². The van der Waals surface area contributed by atoms with E-state index in [4.69, 9.17) is 4.74 Å². The fraction of sp³-hybridized carbons (Fsp3) is 0.176. The van der Waals surface area contributed by atoms with Crippen molar-refractivity contribution in [3.63, 3.8) is 0 Å². The third-order valence-electron chi connectivity index (χ3n) is 3.31. The summed E-state index contributed by atoms with van der Waals surface area (Å²) in [6.45, 7) is 0. The van der Waals surface area contributed by atoms with Crippen LogP contribution < -0.4 is 9.64 Å². The first kappa shape index (κ1) is 15.6. The number of ether oxygens (including phenoxy) is 1. The molecule has 0 saturated heterocycles. The number of hydrogen-bond acceptors (Lipinski definition) is 4. The van der Waals surface area contributed by atoms with Crippen LogP contribution in [0.4, 0.5) is 5.69 Å². The van der Waals surface area contributed by atoms with E-state index >= 15 is 0 Å². The fourth-order valence-electron chi connectivity index (χ4n) is 2.19. The van der Waals surface area contributed by atoms with Crippen LogP contribution in [0, 0.1) is 0 Å². The molecule has 2 rings (SSSR count). The summed E-state index contributed by atoms with van der Waals surface area (Å²) in [6, 6.07) is 11.5. The summed E-state index contributed by atoms with van der Waals surface area (Å²) < 4.78 is 5.28. The zero-order valence-electron chi connectivity index (χ0n) is 12.7. The number of rotatable bonds is 5. The van der Waals surface area contributed by atoms with E-state index in [2.05, 4.69) is 0 Å². The number of ketones is 1. The molecule has 0 aliphatic carbocycles. The Balaban J connectivity index is 2.64. The first-order valence-electron chi connectivity index (χ1n) is 6.68. The topological polar surface area (TPSA) is 66.8 Å². The number of nitrogens with zero attached hydrogens (tertiary/aromatic N) is 1. The third kappa shape index (κ3) is 2.93. The maximum Gasteiger partial charge on any atom is 0.336 e. The Morgan fingerprint density at radius 3 is 2.18 bits per heavy atom. The van der Waals surface area contributed by atoms with Crippen LogP contribution in [0.2, 0.25) is 0 Å². The van der Waals surface area contributed by atoms with Gasteiger partial charge in [-0.2, -0.15) is 0 Å². The molecule has 2 aromatic carbocycles. The van der Waals surface area contributed by atoms with Crippen LogP contribution in [0.15, 0.2) is 42.5 Å². The molecule has 0 spiro atoms. The second-order valence-electron chi connectivity index (χ2n) is 4.96. The van der Waals surface area contributed by atoms with Gasteiger partial charge in [0.05, 0.1) is 18.4 Å². The molecule has 0 saturated carbocycles. The van der Waals surface area contributed by atoms with Crippen molar-refractivity contribution >= 4 is 17.4 Å². The summed E-state index contributed by atoms with van der Waals surface area (Å²) in [6.07, 6.45) is 0. The van der Waals surface area contributed by atoms with Gasteiger partial charge in [-0.15, -0.1) is 0 Å². The summed E-state index contributed by atoms with van der Waals surface area (Å²) in [7, 11) is 5.05. The molecule has 0 aromatic heterocycles. The van der Waals surface area contributed by atoms with Crippen LogP contribution in [-0.2, 0) is 0 Å². The standard InChI is InChI=1S/C17H17NO4/c1-18(2)14-9-13(17(20)21)12(10-15(14)22-3)16(19)11-7-5-4-6-8-11/h4-10H,1-3H3,(H,20,21). The molecule has 0 aliphatic rings. The van der Waals surface area contributed by atoms with Crippen molar-refractivity contribution in [1.29, 1.82) is 0 Å². The van der Waals surface area contributed by atoms with Gasteiger partial charge < -0.3 is 14.7 Å². The molecule has 1 N–H and O–H groups in total. The Morgan fingerprint density at radius 2 is 1.68 bits per heavy atom. The average Bonchev–Trinajstić information content (AvgIpc) is 2.53. The van der Waals surface area contributed by atoms with E-state index in [0.29, 0.717) is 17.0 Å². The van der Waals surface area contributed by atoms with Gasteiger partial charge in [-0.1, -0.05) is 30.3 Å². The van der Waals surface area contributed by atoms with Crippen LogP contribution in [0.5, 0.6) is 5.75 Å². The fourth-order valence-corrected chi connectivity index (χ4v) is 2.19. The Labute approximate surface area is 128 Å². The molecule has 0 fully saturated rings. The van der Waals surface area contributed by atoms with E-state index in [1.54, 1.807) is 49.3 Å². The minimum absolute atomic E-state index is 0.0432. The van der Waals surface area contributed by atoms with Gasteiger partial charge in [-0.3, -0.25) is 4.79 Å². The first-order chi connectivity index (χ1) is 10.5. The Morgan fingerprint density at radius 1 is 1.05 bits per heavy atom. The molecule has 22 heavy (non-hydrogen) atoms. The molecule has 0 unspecified atom stereocenters. The Bertz CT molecular complexity index is 708. The van der Waals surface area contributed by atoms with Gasteiger partial charge in [0.15, 0.2) is 5.78 Å². The van der Waals surface area contributed by atoms with Gasteiger partial charge in [0.25, 0.3) is 0 Å². The molecule has 5 heteroatoms. The van der Waals surface area contributed by atoms with Crippen LogP contribution in [0.25, 0.3) is 0 Å². The molecular weight excluding hydrogens is 282 g/mol. The van der Waals surface area contributed by atoms with Crippen molar-refractivity contribution in [3.05, 3.63) is 59.2 Å². The van der Waals surface area contributed by atoms with Gasteiger partial charge in [0.1, 0.15) is 5.75 Å². The monoisotopic (exact) mass is 299 g/mol. The van der Waals surface area contributed by atoms with E-state index in [1.165, 1.54) is 19.2 Å². The normalized spacial score (nSPS) is 10.1. The lowest BCUT2D eigenvalue weighted by atomic mass is 9.97. The van der Waals surface area contributed by atoms with Gasteiger partial charge in [-0.05, 0) is 12.1 Å². The maximum atomic E-state index is 12.6. The molecule has 114 valence electrons. The smallest absolute Gasteiger partial charge is 0.336 e. The summed E-state index contributed by atoms with van der Waals surface area (Å²) in [5.41, 5.74) is 1.11. The number of methoxy groups -OCH3 is 1. The van der Waals surface area contributed by atoms with Crippen molar-refractivity contribution in [1.82, 2.24) is 0 Å². The van der Waals surface area contributed by atoms with E-state index in [0.717, 1.165) is 0 Å². The zero-order valence-corrected chi connectivity index (χ0v) is 12.7. The highest BCUT2D eigenvalue weighted by Gasteiger charge is 2.22. The largest absolute Gasteiger partial charge is 0.495 e. The van der Waals surface area contributed by atoms with Crippen molar-refractivity contribution in [2.45, 2.75) is 0 Å². The van der Waals surface area contributed by atoms with Gasteiger partial charge >= 0.3 is 5.97 Å². The molecule has 0 aliphatic heterocycles. The van der Waals surface area contributed by atoms with Gasteiger partial charge in [-0.25, -0.2) is 4.79 Å². The number of anilines is 1. The lowest BCUT2D eigenvalue weighted by Crippen LogP contribution is -2.15. The quantitative estimate of drug-likeness (QED) is 0.860. The average molecular weight is 299 g/mol. The molecule has 2 aromatic rings.